The molecule has 0 spiro atoms. The van der Waals surface area contributed by atoms with Crippen LogP contribution in [0.1, 0.15) is 54.9 Å². The summed E-state index contributed by atoms with van der Waals surface area (Å²) in [7, 11) is 2.21. The van der Waals surface area contributed by atoms with E-state index in [0.29, 0.717) is 37.3 Å². The van der Waals surface area contributed by atoms with Crippen molar-refractivity contribution >= 4 is 34.9 Å². The fourth-order valence-corrected chi connectivity index (χ4v) is 5.89. The number of amides is 2. The molecule has 10 nitrogen and oxygen atoms in total. The largest absolute Gasteiger partial charge is 0.450 e. The standard InChI is InChI=1S/C30H37N7O3/c1-3-40-30(39)36-17-12-20(13-18-36)25-5-4-15-37-27(25)33-29(34-37)32-23-10-8-22(9-11-23)28(38)31-24-14-16-35(2)26(19-24)21-6-7-21/h4-5,8-12,15,21,24,26H,3,6-7,13-14,16-19H2,1-2H3,(H,31,38)(H,32,34). The van der Waals surface area contributed by atoms with E-state index >= 15 is 0 Å². The van der Waals surface area contributed by atoms with Crippen molar-refractivity contribution in [3.63, 3.8) is 0 Å². The summed E-state index contributed by atoms with van der Waals surface area (Å²) in [6.45, 7) is 4.32. The smallest absolute Gasteiger partial charge is 0.410 e. The van der Waals surface area contributed by atoms with E-state index in [4.69, 9.17) is 9.72 Å². The third-order valence-electron chi connectivity index (χ3n) is 8.27. The Balaban J connectivity index is 1.09. The highest BCUT2D eigenvalue weighted by Gasteiger charge is 2.38. The van der Waals surface area contributed by atoms with E-state index in [0.717, 1.165) is 54.2 Å². The van der Waals surface area contributed by atoms with Gasteiger partial charge in [-0.15, -0.1) is 5.10 Å². The van der Waals surface area contributed by atoms with Crippen LogP contribution < -0.4 is 10.6 Å². The maximum absolute atomic E-state index is 12.9. The quantitative estimate of drug-likeness (QED) is 0.457. The number of hydrogen-bond donors (Lipinski definition) is 2. The number of ether oxygens (including phenoxy) is 1. The van der Waals surface area contributed by atoms with Gasteiger partial charge < -0.3 is 25.2 Å². The van der Waals surface area contributed by atoms with Gasteiger partial charge in [0.25, 0.3) is 5.91 Å². The fraction of sp³-hybridized carbons (Fsp3) is 0.467. The average molecular weight is 544 g/mol. The van der Waals surface area contributed by atoms with E-state index in [1.165, 1.54) is 12.8 Å². The summed E-state index contributed by atoms with van der Waals surface area (Å²) >= 11 is 0. The van der Waals surface area contributed by atoms with Crippen LogP contribution in [0.4, 0.5) is 16.4 Å². The van der Waals surface area contributed by atoms with Crippen LogP contribution >= 0.6 is 0 Å². The SMILES string of the molecule is CCOC(=O)N1CC=C(c2cccn3nc(Nc4ccc(C(=O)NC5CCN(C)C(C6CC6)C5)cc4)nc23)CC1. The van der Waals surface area contributed by atoms with Gasteiger partial charge >= 0.3 is 6.09 Å². The first kappa shape index (κ1) is 26.3. The lowest BCUT2D eigenvalue weighted by Crippen LogP contribution is -2.49. The van der Waals surface area contributed by atoms with Crippen molar-refractivity contribution in [3.8, 4) is 0 Å². The van der Waals surface area contributed by atoms with Crippen LogP contribution in [0.3, 0.4) is 0 Å². The summed E-state index contributed by atoms with van der Waals surface area (Å²) in [5, 5.41) is 11.1. The molecule has 4 heterocycles. The first-order valence-electron chi connectivity index (χ1n) is 14.3. The molecule has 1 saturated carbocycles. The number of anilines is 2. The number of fused-ring (bicyclic) bond motifs is 1. The minimum atomic E-state index is -0.280. The Morgan fingerprint density at radius 3 is 2.65 bits per heavy atom. The molecule has 2 unspecified atom stereocenters. The Morgan fingerprint density at radius 1 is 1.10 bits per heavy atom. The highest BCUT2D eigenvalue weighted by atomic mass is 16.6. The molecule has 2 fully saturated rings. The van der Waals surface area contributed by atoms with Gasteiger partial charge in [0.05, 0.1) is 6.61 Å². The van der Waals surface area contributed by atoms with Gasteiger partial charge in [-0.25, -0.2) is 9.31 Å². The second kappa shape index (κ2) is 11.3. The number of nitrogens with zero attached hydrogens (tertiary/aromatic N) is 5. The summed E-state index contributed by atoms with van der Waals surface area (Å²) in [5.41, 5.74) is 4.34. The summed E-state index contributed by atoms with van der Waals surface area (Å²) in [4.78, 5) is 33.9. The molecule has 1 saturated heterocycles. The lowest BCUT2D eigenvalue weighted by Gasteiger charge is -2.37. The van der Waals surface area contributed by atoms with E-state index in [2.05, 4.69) is 33.8 Å². The molecule has 3 aromatic rings. The third-order valence-corrected chi connectivity index (χ3v) is 8.27. The van der Waals surface area contributed by atoms with E-state index in [1.54, 1.807) is 9.42 Å². The zero-order valence-electron chi connectivity index (χ0n) is 23.2. The number of hydrogen-bond acceptors (Lipinski definition) is 7. The highest BCUT2D eigenvalue weighted by molar-refractivity contribution is 5.94. The van der Waals surface area contributed by atoms with Crippen molar-refractivity contribution in [2.45, 2.75) is 51.1 Å². The molecule has 10 heteroatoms. The first-order valence-corrected chi connectivity index (χ1v) is 14.3. The lowest BCUT2D eigenvalue weighted by molar-refractivity contribution is 0.0874. The van der Waals surface area contributed by atoms with E-state index in [-0.39, 0.29) is 18.0 Å². The predicted octanol–water partition coefficient (Wildman–Crippen LogP) is 4.32. The van der Waals surface area contributed by atoms with Gasteiger partial charge in [0.1, 0.15) is 0 Å². The highest BCUT2D eigenvalue weighted by Crippen LogP contribution is 2.39. The van der Waals surface area contributed by atoms with Gasteiger partial charge in [-0.2, -0.15) is 4.98 Å². The number of aromatic nitrogens is 3. The lowest BCUT2D eigenvalue weighted by atomic mass is 9.94. The fourth-order valence-electron chi connectivity index (χ4n) is 5.89. The van der Waals surface area contributed by atoms with Crippen LogP contribution in [0.2, 0.25) is 0 Å². The summed E-state index contributed by atoms with van der Waals surface area (Å²) in [6.07, 6.45) is 9.03. The van der Waals surface area contributed by atoms with Crippen LogP contribution in [-0.4, -0.2) is 81.8 Å². The molecule has 1 aromatic carbocycles. The molecule has 40 heavy (non-hydrogen) atoms. The van der Waals surface area contributed by atoms with Gasteiger partial charge in [0.15, 0.2) is 5.65 Å². The predicted molar refractivity (Wildman–Crippen MR) is 154 cm³/mol. The maximum Gasteiger partial charge on any atom is 0.410 e. The molecule has 6 rings (SSSR count). The average Bonchev–Trinajstić information content (AvgIpc) is 3.73. The molecule has 2 aliphatic heterocycles. The molecule has 0 bridgehead atoms. The zero-order chi connectivity index (χ0) is 27.6. The number of benzene rings is 1. The van der Waals surface area contributed by atoms with Crippen LogP contribution in [0.15, 0.2) is 48.7 Å². The van der Waals surface area contributed by atoms with Crippen molar-refractivity contribution in [3.05, 3.63) is 59.8 Å². The number of piperidine rings is 1. The molecule has 2 N–H and O–H groups in total. The number of pyridine rings is 1. The first-order chi connectivity index (χ1) is 19.5. The maximum atomic E-state index is 12.9. The van der Waals surface area contributed by atoms with E-state index < -0.39 is 0 Å². The molecular weight excluding hydrogens is 506 g/mol. The zero-order valence-corrected chi connectivity index (χ0v) is 23.2. The number of carbonyl (C=O) groups is 2. The number of rotatable bonds is 7. The third kappa shape index (κ3) is 5.67. The van der Waals surface area contributed by atoms with Gasteiger partial charge in [-0.05, 0) is 94.0 Å². The van der Waals surface area contributed by atoms with Crippen molar-refractivity contribution in [1.82, 2.24) is 29.7 Å². The Morgan fingerprint density at radius 2 is 1.93 bits per heavy atom. The number of likely N-dealkylation sites (tertiary alicyclic amines) is 1. The summed E-state index contributed by atoms with van der Waals surface area (Å²) in [6, 6.07) is 12.3. The molecule has 1 aliphatic carbocycles. The van der Waals surface area contributed by atoms with Gasteiger partial charge in [-0.3, -0.25) is 4.79 Å². The van der Waals surface area contributed by atoms with Crippen LogP contribution in [0.5, 0.6) is 0 Å². The Labute approximate surface area is 234 Å². The molecule has 0 radical (unpaired) electrons. The molecule has 3 aliphatic rings. The van der Waals surface area contributed by atoms with E-state index in [1.807, 2.05) is 49.5 Å². The molecular formula is C30H37N7O3. The molecule has 210 valence electrons. The Kier molecular flexibility index (Phi) is 7.42. The van der Waals surface area contributed by atoms with Gasteiger partial charge in [0, 0.05) is 54.7 Å². The molecule has 2 aromatic heterocycles. The monoisotopic (exact) mass is 543 g/mol. The van der Waals surface area contributed by atoms with Gasteiger partial charge in [0.2, 0.25) is 5.95 Å². The van der Waals surface area contributed by atoms with Crippen LogP contribution in [0.25, 0.3) is 11.2 Å². The second-order valence-corrected chi connectivity index (χ2v) is 11.0. The van der Waals surface area contributed by atoms with Crippen LogP contribution in [-0.2, 0) is 4.74 Å². The van der Waals surface area contributed by atoms with Crippen molar-refractivity contribution in [2.75, 3.05) is 38.6 Å². The molecule has 2 atom stereocenters. The van der Waals surface area contributed by atoms with E-state index in [9.17, 15) is 9.59 Å². The van der Waals surface area contributed by atoms with Crippen molar-refractivity contribution in [2.24, 2.45) is 5.92 Å². The normalized spacial score (nSPS) is 21.6. The van der Waals surface area contributed by atoms with Crippen molar-refractivity contribution in [1.29, 1.82) is 0 Å². The summed E-state index contributed by atoms with van der Waals surface area (Å²) in [5.74, 6) is 1.26. The minimum Gasteiger partial charge on any atom is -0.450 e. The molecule has 2 amide bonds. The second-order valence-electron chi connectivity index (χ2n) is 11.0. The number of carbonyl (C=O) groups excluding carboxylic acids is 2. The summed E-state index contributed by atoms with van der Waals surface area (Å²) < 4.78 is 6.88. The topological polar surface area (TPSA) is 104 Å². The number of nitrogens with one attached hydrogen (secondary N) is 2. The minimum absolute atomic E-state index is 0.0200. The van der Waals surface area contributed by atoms with Gasteiger partial charge in [-0.1, -0.05) is 6.08 Å². The Hall–Kier alpha value is -3.92. The Bertz CT molecular complexity index is 1410. The van der Waals surface area contributed by atoms with Crippen molar-refractivity contribution < 1.29 is 14.3 Å². The van der Waals surface area contributed by atoms with Crippen LogP contribution in [0, 0.1) is 5.92 Å².